The third kappa shape index (κ3) is 4.22. The van der Waals surface area contributed by atoms with Crippen molar-refractivity contribution < 1.29 is 24.0 Å². The first-order valence-electron chi connectivity index (χ1n) is 7.39. The third-order valence-corrected chi connectivity index (χ3v) is 4.38. The Morgan fingerprint density at radius 3 is 2.54 bits per heavy atom. The number of non-ortho nitro benzene ring substituents is 1. The van der Waals surface area contributed by atoms with E-state index < -0.39 is 16.7 Å². The molecule has 0 spiro atoms. The average molecular weight is 375 g/mol. The van der Waals surface area contributed by atoms with Crippen LogP contribution in [0, 0.1) is 10.1 Å². The average Bonchev–Trinajstić information content (AvgIpc) is 3.12. The van der Waals surface area contributed by atoms with Crippen molar-refractivity contribution in [2.45, 2.75) is 4.90 Å². The molecule has 0 fully saturated rings. The van der Waals surface area contributed by atoms with Gasteiger partial charge in [0.25, 0.3) is 11.6 Å². The zero-order valence-corrected chi connectivity index (χ0v) is 14.1. The molecule has 0 atom stereocenters. The molecule has 0 saturated heterocycles. The van der Waals surface area contributed by atoms with E-state index in [9.17, 15) is 19.7 Å². The van der Waals surface area contributed by atoms with Crippen molar-refractivity contribution in [3.63, 3.8) is 0 Å². The van der Waals surface area contributed by atoms with Gasteiger partial charge in [0.1, 0.15) is 0 Å². The van der Waals surface area contributed by atoms with E-state index in [0.717, 1.165) is 0 Å². The summed E-state index contributed by atoms with van der Waals surface area (Å²) in [6.07, 6.45) is 0. The van der Waals surface area contributed by atoms with Crippen LogP contribution in [0.3, 0.4) is 0 Å². The molecule has 26 heavy (non-hydrogen) atoms. The molecular weight excluding hydrogens is 362 g/mol. The van der Waals surface area contributed by atoms with E-state index in [1.807, 2.05) is 0 Å². The molecule has 0 radical (unpaired) electrons. The molecule has 3 rings (SSSR count). The Bertz CT molecular complexity index is 856. The van der Waals surface area contributed by atoms with Crippen LogP contribution in [0.4, 0.5) is 5.69 Å². The molecular formula is C16H13N3O6S. The van der Waals surface area contributed by atoms with E-state index in [-0.39, 0.29) is 18.2 Å². The highest BCUT2D eigenvalue weighted by molar-refractivity contribution is 8.00. The topological polar surface area (TPSA) is 120 Å². The fourth-order valence-corrected chi connectivity index (χ4v) is 2.78. The van der Waals surface area contributed by atoms with E-state index >= 15 is 0 Å². The maximum absolute atomic E-state index is 12.0. The van der Waals surface area contributed by atoms with Crippen molar-refractivity contribution >= 4 is 29.3 Å². The second kappa shape index (κ2) is 7.74. The number of rotatable bonds is 5. The number of benzene rings is 2. The molecule has 1 heterocycles. The Labute approximate surface area is 151 Å². The SMILES string of the molecule is O=C(CSc1ccc([N+](=O)[O-])cc1)NNC(=O)c1ccc2c(c1)OCO2. The minimum absolute atomic E-state index is 0.0187. The van der Waals surface area contributed by atoms with E-state index in [1.165, 1.54) is 30.0 Å². The van der Waals surface area contributed by atoms with Crippen LogP contribution < -0.4 is 20.3 Å². The number of amides is 2. The Kier molecular flexibility index (Phi) is 5.23. The lowest BCUT2D eigenvalue weighted by molar-refractivity contribution is -0.384. The standard InChI is InChI=1S/C16H13N3O6S/c20-15(8-26-12-4-2-11(3-5-12)19(22)23)17-18-16(21)10-1-6-13-14(7-10)25-9-24-13/h1-7H,8-9H2,(H,17,20)(H,18,21). The van der Waals surface area contributed by atoms with Crippen LogP contribution in [0.2, 0.25) is 0 Å². The Morgan fingerprint density at radius 1 is 1.08 bits per heavy atom. The first-order chi connectivity index (χ1) is 12.5. The molecule has 0 unspecified atom stereocenters. The molecule has 1 aliphatic rings. The number of fused-ring (bicyclic) bond motifs is 1. The van der Waals surface area contributed by atoms with Crippen molar-refractivity contribution in [2.75, 3.05) is 12.5 Å². The number of hydrogen-bond donors (Lipinski definition) is 2. The van der Waals surface area contributed by atoms with Gasteiger partial charge in [0.15, 0.2) is 11.5 Å². The second-order valence-electron chi connectivity index (χ2n) is 5.11. The first-order valence-corrected chi connectivity index (χ1v) is 8.37. The predicted octanol–water partition coefficient (Wildman–Crippen LogP) is 1.88. The number of carbonyl (C=O) groups excluding carboxylic acids is 2. The molecule has 0 aromatic heterocycles. The lowest BCUT2D eigenvalue weighted by Crippen LogP contribution is -2.42. The van der Waals surface area contributed by atoms with Gasteiger partial charge in [-0.1, -0.05) is 0 Å². The van der Waals surface area contributed by atoms with Gasteiger partial charge in [-0.25, -0.2) is 0 Å². The summed E-state index contributed by atoms with van der Waals surface area (Å²) < 4.78 is 10.4. The van der Waals surface area contributed by atoms with Crippen molar-refractivity contribution in [3.05, 3.63) is 58.1 Å². The highest BCUT2D eigenvalue weighted by Gasteiger charge is 2.16. The van der Waals surface area contributed by atoms with Gasteiger partial charge in [0.2, 0.25) is 12.7 Å². The van der Waals surface area contributed by atoms with E-state index in [1.54, 1.807) is 24.3 Å². The third-order valence-electron chi connectivity index (χ3n) is 3.37. The zero-order chi connectivity index (χ0) is 18.5. The van der Waals surface area contributed by atoms with E-state index in [2.05, 4.69) is 10.9 Å². The highest BCUT2D eigenvalue weighted by Crippen LogP contribution is 2.32. The molecule has 134 valence electrons. The van der Waals surface area contributed by atoms with Gasteiger partial charge in [0.05, 0.1) is 10.7 Å². The number of nitrogens with zero attached hydrogens (tertiary/aromatic N) is 1. The van der Waals surface area contributed by atoms with Gasteiger partial charge in [-0.2, -0.15) is 0 Å². The molecule has 0 saturated carbocycles. The maximum Gasteiger partial charge on any atom is 0.269 e. The molecule has 2 aromatic carbocycles. The van der Waals surface area contributed by atoms with E-state index in [0.29, 0.717) is 22.0 Å². The number of hydrazine groups is 1. The highest BCUT2D eigenvalue weighted by atomic mass is 32.2. The number of thioether (sulfide) groups is 1. The monoisotopic (exact) mass is 375 g/mol. The van der Waals surface area contributed by atoms with Crippen LogP contribution in [0.5, 0.6) is 11.5 Å². The largest absolute Gasteiger partial charge is 0.454 e. The number of hydrogen-bond acceptors (Lipinski definition) is 7. The summed E-state index contributed by atoms with van der Waals surface area (Å²) in [5, 5.41) is 10.6. The number of nitro benzene ring substituents is 1. The minimum Gasteiger partial charge on any atom is -0.454 e. The number of nitro groups is 1. The molecule has 0 bridgehead atoms. The van der Waals surface area contributed by atoms with Crippen molar-refractivity contribution in [1.29, 1.82) is 0 Å². The Morgan fingerprint density at radius 2 is 1.81 bits per heavy atom. The number of ether oxygens (including phenoxy) is 2. The van der Waals surface area contributed by atoms with Crippen molar-refractivity contribution in [2.24, 2.45) is 0 Å². The van der Waals surface area contributed by atoms with Gasteiger partial charge in [-0.3, -0.25) is 30.6 Å². The minimum atomic E-state index is -0.493. The zero-order valence-electron chi connectivity index (χ0n) is 13.3. The lowest BCUT2D eigenvalue weighted by atomic mass is 10.2. The fourth-order valence-electron chi connectivity index (χ4n) is 2.09. The molecule has 10 heteroatoms. The smallest absolute Gasteiger partial charge is 0.269 e. The summed E-state index contributed by atoms with van der Waals surface area (Å²) in [6, 6.07) is 10.5. The van der Waals surface area contributed by atoms with Crippen molar-refractivity contribution in [1.82, 2.24) is 10.9 Å². The summed E-state index contributed by atoms with van der Waals surface area (Å²) in [4.78, 5) is 34.6. The van der Waals surface area contributed by atoms with Gasteiger partial charge in [-0.15, -0.1) is 11.8 Å². The van der Waals surface area contributed by atoms with Crippen LogP contribution in [-0.2, 0) is 4.79 Å². The van der Waals surface area contributed by atoms with Crippen LogP contribution >= 0.6 is 11.8 Å². The lowest BCUT2D eigenvalue weighted by Gasteiger charge is -2.08. The summed E-state index contributed by atoms with van der Waals surface area (Å²) in [5.74, 6) is 0.168. The van der Waals surface area contributed by atoms with Gasteiger partial charge < -0.3 is 9.47 Å². The fraction of sp³-hybridized carbons (Fsp3) is 0.125. The van der Waals surface area contributed by atoms with Gasteiger partial charge >= 0.3 is 0 Å². The Balaban J connectivity index is 1.46. The van der Waals surface area contributed by atoms with Crippen LogP contribution in [-0.4, -0.2) is 29.3 Å². The first kappa shape index (κ1) is 17.5. The van der Waals surface area contributed by atoms with Crippen LogP contribution in [0.1, 0.15) is 10.4 Å². The molecule has 9 nitrogen and oxygen atoms in total. The van der Waals surface area contributed by atoms with Crippen LogP contribution in [0.15, 0.2) is 47.4 Å². The maximum atomic E-state index is 12.0. The summed E-state index contributed by atoms with van der Waals surface area (Å²) in [7, 11) is 0. The van der Waals surface area contributed by atoms with Gasteiger partial charge in [-0.05, 0) is 30.3 Å². The molecule has 2 N–H and O–H groups in total. The molecule has 2 aromatic rings. The van der Waals surface area contributed by atoms with E-state index in [4.69, 9.17) is 9.47 Å². The summed E-state index contributed by atoms with van der Waals surface area (Å²) >= 11 is 1.19. The molecule has 1 aliphatic heterocycles. The predicted molar refractivity (Wildman–Crippen MR) is 92.0 cm³/mol. The molecule has 2 amide bonds. The van der Waals surface area contributed by atoms with Gasteiger partial charge in [0, 0.05) is 22.6 Å². The second-order valence-corrected chi connectivity index (χ2v) is 6.16. The summed E-state index contributed by atoms with van der Waals surface area (Å²) in [6.45, 7) is 0.108. The normalized spacial score (nSPS) is 11.7. The van der Waals surface area contributed by atoms with Crippen molar-refractivity contribution in [3.8, 4) is 11.5 Å². The number of carbonyl (C=O) groups is 2. The van der Waals surface area contributed by atoms with Crippen LogP contribution in [0.25, 0.3) is 0 Å². The quantitative estimate of drug-likeness (QED) is 0.465. The number of nitrogens with one attached hydrogen (secondary N) is 2. The molecule has 0 aliphatic carbocycles. The Hall–Kier alpha value is -3.27. The summed E-state index contributed by atoms with van der Waals surface area (Å²) in [5.41, 5.74) is 4.92.